The maximum atomic E-state index is 15.1. The zero-order valence-electron chi connectivity index (χ0n) is 27.0. The highest BCUT2D eigenvalue weighted by atomic mass is 32.2. The summed E-state index contributed by atoms with van der Waals surface area (Å²) in [6.07, 6.45) is 0.660. The topological polar surface area (TPSA) is 86.8 Å². The van der Waals surface area contributed by atoms with Crippen LogP contribution in [0.15, 0.2) is 108 Å². The number of hydrogen-bond acceptors (Lipinski definition) is 4. The third-order valence-electron chi connectivity index (χ3n) is 7.60. The monoisotopic (exact) mass is 643 g/mol. The Balaban J connectivity index is 1.85. The molecule has 0 aliphatic carbocycles. The van der Waals surface area contributed by atoms with Crippen LogP contribution in [0.2, 0.25) is 0 Å². The van der Waals surface area contributed by atoms with Crippen LogP contribution in [-0.4, -0.2) is 43.3 Å². The summed E-state index contributed by atoms with van der Waals surface area (Å²) in [6.45, 7) is 8.44. The second-order valence-electron chi connectivity index (χ2n) is 12.4. The van der Waals surface area contributed by atoms with Gasteiger partial charge in [-0.05, 0) is 69.5 Å². The van der Waals surface area contributed by atoms with Gasteiger partial charge in [-0.3, -0.25) is 13.9 Å². The van der Waals surface area contributed by atoms with E-state index in [-0.39, 0.29) is 23.4 Å². The fourth-order valence-electron chi connectivity index (χ4n) is 5.22. The van der Waals surface area contributed by atoms with Crippen LogP contribution in [-0.2, 0) is 39.0 Å². The SMILES string of the molecule is CCc1ccccc1N(CC(=O)N(Cc1ccccc1F)C(Cc1ccccc1)C(=O)NC(C)(C)C)S(=O)(=O)c1ccc(C)cc1. The van der Waals surface area contributed by atoms with Crippen molar-refractivity contribution in [3.8, 4) is 0 Å². The zero-order chi connectivity index (χ0) is 33.5. The Morgan fingerprint density at radius 2 is 1.41 bits per heavy atom. The minimum absolute atomic E-state index is 0.0313. The van der Waals surface area contributed by atoms with Crippen LogP contribution in [0.5, 0.6) is 0 Å². The van der Waals surface area contributed by atoms with E-state index in [9.17, 15) is 18.0 Å². The average molecular weight is 644 g/mol. The standard InChI is InChI=1S/C37H42FN3O4S/c1-6-29-16-11-13-19-33(29)41(46(44,45)31-22-20-27(2)21-23-31)26-35(42)40(25-30-17-10-12-18-32(30)38)34(36(43)39-37(3,4)5)24-28-14-8-7-9-15-28/h7-23,34H,6,24-26H2,1-5H3,(H,39,43). The van der Waals surface area contributed by atoms with E-state index in [1.54, 1.807) is 42.5 Å². The van der Waals surface area contributed by atoms with Gasteiger partial charge < -0.3 is 10.2 Å². The molecule has 1 N–H and O–H groups in total. The van der Waals surface area contributed by atoms with Crippen molar-refractivity contribution in [2.24, 2.45) is 0 Å². The van der Waals surface area contributed by atoms with E-state index in [1.165, 1.54) is 23.1 Å². The Morgan fingerprint density at radius 1 is 0.826 bits per heavy atom. The van der Waals surface area contributed by atoms with Crippen molar-refractivity contribution in [1.82, 2.24) is 10.2 Å². The maximum Gasteiger partial charge on any atom is 0.264 e. The number of carbonyl (C=O) groups excluding carboxylic acids is 2. The molecule has 0 spiro atoms. The number of halogens is 1. The largest absolute Gasteiger partial charge is 0.350 e. The van der Waals surface area contributed by atoms with Crippen molar-refractivity contribution in [3.63, 3.8) is 0 Å². The van der Waals surface area contributed by atoms with Crippen LogP contribution >= 0.6 is 0 Å². The summed E-state index contributed by atoms with van der Waals surface area (Å²) in [4.78, 5) is 29.9. The molecule has 0 aromatic heterocycles. The van der Waals surface area contributed by atoms with E-state index in [4.69, 9.17) is 0 Å². The first-order valence-electron chi connectivity index (χ1n) is 15.4. The van der Waals surface area contributed by atoms with Crippen molar-refractivity contribution in [3.05, 3.63) is 131 Å². The van der Waals surface area contributed by atoms with Crippen LogP contribution in [0.25, 0.3) is 0 Å². The third kappa shape index (κ3) is 8.60. The molecule has 9 heteroatoms. The van der Waals surface area contributed by atoms with E-state index in [0.717, 1.165) is 21.0 Å². The molecule has 4 aromatic carbocycles. The summed E-state index contributed by atoms with van der Waals surface area (Å²) in [5.74, 6) is -1.60. The van der Waals surface area contributed by atoms with Crippen LogP contribution in [0.1, 0.15) is 49.9 Å². The number of nitrogens with one attached hydrogen (secondary N) is 1. The minimum atomic E-state index is -4.24. The van der Waals surface area contributed by atoms with E-state index < -0.39 is 45.8 Å². The number of anilines is 1. The van der Waals surface area contributed by atoms with Gasteiger partial charge in [0.15, 0.2) is 0 Å². The summed E-state index contributed by atoms with van der Waals surface area (Å²) in [6, 6.07) is 27.7. The van der Waals surface area contributed by atoms with Gasteiger partial charge in [-0.25, -0.2) is 12.8 Å². The summed E-state index contributed by atoms with van der Waals surface area (Å²) < 4.78 is 44.8. The van der Waals surface area contributed by atoms with Gasteiger partial charge in [-0.1, -0.05) is 91.3 Å². The van der Waals surface area contributed by atoms with Crippen molar-refractivity contribution >= 4 is 27.5 Å². The molecular weight excluding hydrogens is 601 g/mol. The molecule has 7 nitrogen and oxygen atoms in total. The lowest BCUT2D eigenvalue weighted by molar-refractivity contribution is -0.140. The summed E-state index contributed by atoms with van der Waals surface area (Å²) in [5.41, 5.74) is 2.36. The van der Waals surface area contributed by atoms with Gasteiger partial charge >= 0.3 is 0 Å². The first-order valence-corrected chi connectivity index (χ1v) is 16.8. The van der Waals surface area contributed by atoms with Crippen molar-refractivity contribution in [2.75, 3.05) is 10.8 Å². The minimum Gasteiger partial charge on any atom is -0.350 e. The number of carbonyl (C=O) groups is 2. The Kier molecular flexibility index (Phi) is 11.0. The molecule has 46 heavy (non-hydrogen) atoms. The average Bonchev–Trinajstić information content (AvgIpc) is 3.02. The predicted octanol–water partition coefficient (Wildman–Crippen LogP) is 6.45. The predicted molar refractivity (Wildman–Crippen MR) is 180 cm³/mol. The number of sulfonamides is 1. The number of nitrogens with zero attached hydrogens (tertiary/aromatic N) is 2. The van der Waals surface area contributed by atoms with Crippen LogP contribution in [0.4, 0.5) is 10.1 Å². The van der Waals surface area contributed by atoms with Crippen molar-refractivity contribution < 1.29 is 22.4 Å². The molecule has 4 rings (SSSR count). The Morgan fingerprint density at radius 3 is 2.02 bits per heavy atom. The summed E-state index contributed by atoms with van der Waals surface area (Å²) >= 11 is 0. The van der Waals surface area contributed by atoms with Gasteiger partial charge in [0.05, 0.1) is 10.6 Å². The van der Waals surface area contributed by atoms with Gasteiger partial charge in [0.1, 0.15) is 18.4 Å². The second kappa shape index (κ2) is 14.7. The molecule has 1 unspecified atom stereocenters. The molecule has 0 bridgehead atoms. The van der Waals surface area contributed by atoms with Crippen molar-refractivity contribution in [1.29, 1.82) is 0 Å². The maximum absolute atomic E-state index is 15.1. The molecule has 0 radical (unpaired) electrons. The lowest BCUT2D eigenvalue weighted by Gasteiger charge is -2.35. The quantitative estimate of drug-likeness (QED) is 0.192. The molecule has 4 aromatic rings. The molecule has 0 aliphatic heterocycles. The molecule has 0 fully saturated rings. The van der Waals surface area contributed by atoms with E-state index in [2.05, 4.69) is 5.32 Å². The number of para-hydroxylation sites is 1. The molecule has 1 atom stereocenters. The number of rotatable bonds is 12. The lowest BCUT2D eigenvalue weighted by atomic mass is 10.0. The van der Waals surface area contributed by atoms with Gasteiger partial charge in [0, 0.05) is 24.1 Å². The van der Waals surface area contributed by atoms with E-state index in [1.807, 2.05) is 77.1 Å². The molecule has 0 saturated heterocycles. The number of benzene rings is 4. The van der Waals surface area contributed by atoms with Crippen molar-refractivity contribution in [2.45, 2.75) is 70.5 Å². The molecular formula is C37H42FN3O4S. The molecule has 242 valence electrons. The molecule has 0 heterocycles. The van der Waals surface area contributed by atoms with Gasteiger partial charge in [-0.15, -0.1) is 0 Å². The highest BCUT2D eigenvalue weighted by Gasteiger charge is 2.36. The molecule has 0 saturated carbocycles. The Labute approximate surface area is 272 Å². The van der Waals surface area contributed by atoms with Crippen LogP contribution in [0.3, 0.4) is 0 Å². The Bertz CT molecular complexity index is 1750. The lowest BCUT2D eigenvalue weighted by Crippen LogP contribution is -2.56. The highest BCUT2D eigenvalue weighted by Crippen LogP contribution is 2.29. The molecule has 0 aliphatic rings. The normalized spacial score (nSPS) is 12.3. The first-order chi connectivity index (χ1) is 21.8. The summed E-state index contributed by atoms with van der Waals surface area (Å²) in [5, 5.41) is 2.98. The third-order valence-corrected chi connectivity index (χ3v) is 9.37. The van der Waals surface area contributed by atoms with Gasteiger partial charge in [-0.2, -0.15) is 0 Å². The highest BCUT2D eigenvalue weighted by molar-refractivity contribution is 7.92. The number of hydrogen-bond donors (Lipinski definition) is 1. The fourth-order valence-corrected chi connectivity index (χ4v) is 6.67. The smallest absolute Gasteiger partial charge is 0.264 e. The van der Waals surface area contributed by atoms with Gasteiger partial charge in [0.2, 0.25) is 11.8 Å². The number of amides is 2. The molecule has 2 amide bonds. The Hall–Kier alpha value is -4.50. The van der Waals surface area contributed by atoms with Gasteiger partial charge in [0.25, 0.3) is 10.0 Å². The number of aryl methyl sites for hydroxylation is 2. The van der Waals surface area contributed by atoms with Crippen LogP contribution < -0.4 is 9.62 Å². The first kappa shape index (κ1) is 34.4. The zero-order valence-corrected chi connectivity index (χ0v) is 27.9. The van der Waals surface area contributed by atoms with E-state index >= 15 is 4.39 Å². The second-order valence-corrected chi connectivity index (χ2v) is 14.2. The van der Waals surface area contributed by atoms with Crippen LogP contribution in [0, 0.1) is 12.7 Å². The van der Waals surface area contributed by atoms with E-state index in [0.29, 0.717) is 12.1 Å². The fraction of sp³-hybridized carbons (Fsp3) is 0.297. The summed E-state index contributed by atoms with van der Waals surface area (Å²) in [7, 11) is -4.24.